The zero-order chi connectivity index (χ0) is 16.3. The van der Waals surface area contributed by atoms with E-state index in [1.807, 2.05) is 6.07 Å². The molecule has 1 unspecified atom stereocenters. The third-order valence-electron chi connectivity index (χ3n) is 3.51. The van der Waals surface area contributed by atoms with Crippen LogP contribution in [0, 0.1) is 16.7 Å². The van der Waals surface area contributed by atoms with Gasteiger partial charge in [-0.3, -0.25) is 9.78 Å². The molecule has 0 N–H and O–H groups in total. The molecule has 1 amide bonds. The number of pyridine rings is 1. The molecule has 0 aliphatic carbocycles. The van der Waals surface area contributed by atoms with Gasteiger partial charge in [0.25, 0.3) is 6.43 Å². The third-order valence-corrected chi connectivity index (χ3v) is 3.51. The Hall–Kier alpha value is -2.56. The normalized spacial score (nSPS) is 16.8. The van der Waals surface area contributed by atoms with Crippen LogP contribution in [0.5, 0.6) is 5.75 Å². The molecule has 2 rings (SSSR count). The molecule has 0 bridgehead atoms. The molecule has 0 aromatic carbocycles. The molecule has 0 fully saturated rings. The molecule has 2 heterocycles. The maximum Gasteiger partial charge on any atom is 0.259 e. The molecule has 0 radical (unpaired) electrons. The van der Waals surface area contributed by atoms with Crippen LogP contribution in [0.2, 0.25) is 0 Å². The lowest BCUT2D eigenvalue weighted by molar-refractivity contribution is -0.154. The Morgan fingerprint density at radius 3 is 2.91 bits per heavy atom. The zero-order valence-corrected chi connectivity index (χ0v) is 11.8. The van der Waals surface area contributed by atoms with Crippen molar-refractivity contribution in [3.05, 3.63) is 23.5 Å². The van der Waals surface area contributed by atoms with Gasteiger partial charge in [-0.25, -0.2) is 8.78 Å². The SMILES string of the molecule is CC(C=O)(C(=O)N1CCOc2c(C#N)cncc2C1)C(F)F. The van der Waals surface area contributed by atoms with E-state index < -0.39 is 17.7 Å². The van der Waals surface area contributed by atoms with Gasteiger partial charge in [-0.1, -0.05) is 0 Å². The van der Waals surface area contributed by atoms with E-state index in [4.69, 9.17) is 10.00 Å². The van der Waals surface area contributed by atoms with Gasteiger partial charge in [0.15, 0.2) is 5.41 Å². The molecule has 0 spiro atoms. The van der Waals surface area contributed by atoms with Crippen molar-refractivity contribution in [2.45, 2.75) is 19.9 Å². The van der Waals surface area contributed by atoms with Gasteiger partial charge in [0.1, 0.15) is 30.3 Å². The Morgan fingerprint density at radius 1 is 1.59 bits per heavy atom. The Morgan fingerprint density at radius 2 is 2.32 bits per heavy atom. The first-order valence-electron chi connectivity index (χ1n) is 6.47. The Bertz CT molecular complexity index is 645. The van der Waals surface area contributed by atoms with Crippen molar-refractivity contribution in [3.63, 3.8) is 0 Å². The third kappa shape index (κ3) is 2.62. The molecule has 1 atom stereocenters. The van der Waals surface area contributed by atoms with Crippen LogP contribution in [0.4, 0.5) is 8.78 Å². The number of fused-ring (bicyclic) bond motifs is 1. The standard InChI is InChI=1S/C14H13F2N3O3/c1-14(8-20,12(15)16)13(21)19-2-3-22-11-9(4-17)5-18-6-10(11)7-19/h5-6,8,12H,2-3,7H2,1H3. The van der Waals surface area contributed by atoms with E-state index in [9.17, 15) is 18.4 Å². The first-order valence-corrected chi connectivity index (χ1v) is 6.47. The zero-order valence-electron chi connectivity index (χ0n) is 11.8. The van der Waals surface area contributed by atoms with Gasteiger partial charge >= 0.3 is 0 Å². The van der Waals surface area contributed by atoms with E-state index in [1.54, 1.807) is 0 Å². The van der Waals surface area contributed by atoms with E-state index in [0.29, 0.717) is 5.56 Å². The van der Waals surface area contributed by atoms with Crippen molar-refractivity contribution in [2.75, 3.05) is 13.2 Å². The monoisotopic (exact) mass is 309 g/mol. The molecule has 0 saturated heterocycles. The summed E-state index contributed by atoms with van der Waals surface area (Å²) in [5.74, 6) is -0.686. The highest BCUT2D eigenvalue weighted by Crippen LogP contribution is 2.30. The first kappa shape index (κ1) is 15.8. The molecule has 1 aliphatic heterocycles. The molecule has 6 nitrogen and oxygen atoms in total. The summed E-state index contributed by atoms with van der Waals surface area (Å²) in [6.07, 6.45) is -0.408. The summed E-state index contributed by atoms with van der Waals surface area (Å²) >= 11 is 0. The summed E-state index contributed by atoms with van der Waals surface area (Å²) in [4.78, 5) is 28.2. The van der Waals surface area contributed by atoms with Crippen LogP contribution in [-0.4, -0.2) is 41.7 Å². The predicted molar refractivity (Wildman–Crippen MR) is 70.0 cm³/mol. The van der Waals surface area contributed by atoms with E-state index in [2.05, 4.69) is 4.98 Å². The minimum atomic E-state index is -3.11. The smallest absolute Gasteiger partial charge is 0.259 e. The molecule has 1 aliphatic rings. The summed E-state index contributed by atoms with van der Waals surface area (Å²) < 4.78 is 31.5. The average molecular weight is 309 g/mol. The number of nitrogens with zero attached hydrogens (tertiary/aromatic N) is 3. The quantitative estimate of drug-likeness (QED) is 0.617. The lowest BCUT2D eigenvalue weighted by atomic mass is 9.91. The highest BCUT2D eigenvalue weighted by molar-refractivity contribution is 5.96. The molecule has 22 heavy (non-hydrogen) atoms. The number of carbonyl (C=O) groups excluding carboxylic acids is 2. The number of aromatic nitrogens is 1. The van der Waals surface area contributed by atoms with Gasteiger partial charge < -0.3 is 14.4 Å². The van der Waals surface area contributed by atoms with Crippen LogP contribution in [0.1, 0.15) is 18.1 Å². The summed E-state index contributed by atoms with van der Waals surface area (Å²) in [6.45, 7) is 0.931. The first-order chi connectivity index (χ1) is 10.4. The minimum Gasteiger partial charge on any atom is -0.490 e. The molecule has 1 aromatic heterocycles. The van der Waals surface area contributed by atoms with Crippen molar-refractivity contribution >= 4 is 12.2 Å². The fourth-order valence-electron chi connectivity index (χ4n) is 2.11. The average Bonchev–Trinajstić information content (AvgIpc) is 2.74. The maximum atomic E-state index is 13.0. The molecule has 0 saturated carbocycles. The summed E-state index contributed by atoms with van der Waals surface area (Å²) in [7, 11) is 0. The van der Waals surface area contributed by atoms with Crippen molar-refractivity contribution < 1.29 is 23.1 Å². The summed E-state index contributed by atoms with van der Waals surface area (Å²) in [6, 6.07) is 1.92. The van der Waals surface area contributed by atoms with Crippen LogP contribution in [0.25, 0.3) is 0 Å². The molecule has 1 aromatic rings. The predicted octanol–water partition coefficient (Wildman–Crippen LogP) is 1.14. The van der Waals surface area contributed by atoms with Crippen LogP contribution in [0.3, 0.4) is 0 Å². The lowest BCUT2D eigenvalue weighted by Crippen LogP contribution is -2.47. The van der Waals surface area contributed by atoms with Crippen LogP contribution in [0.15, 0.2) is 12.4 Å². The van der Waals surface area contributed by atoms with Crippen LogP contribution >= 0.6 is 0 Å². The number of hydrogen-bond donors (Lipinski definition) is 0. The van der Waals surface area contributed by atoms with Gasteiger partial charge in [-0.15, -0.1) is 0 Å². The van der Waals surface area contributed by atoms with Gasteiger partial charge in [-0.05, 0) is 6.92 Å². The van der Waals surface area contributed by atoms with Crippen molar-refractivity contribution in [3.8, 4) is 11.8 Å². The van der Waals surface area contributed by atoms with Crippen LogP contribution < -0.4 is 4.74 Å². The number of ether oxygens (including phenoxy) is 1. The largest absolute Gasteiger partial charge is 0.490 e. The van der Waals surface area contributed by atoms with Gasteiger partial charge in [0, 0.05) is 18.0 Å². The Balaban J connectivity index is 2.34. The second-order valence-electron chi connectivity index (χ2n) is 5.06. The minimum absolute atomic E-state index is 0.0311. The molecule has 8 heteroatoms. The highest BCUT2D eigenvalue weighted by atomic mass is 19.3. The fraction of sp³-hybridized carbons (Fsp3) is 0.429. The lowest BCUT2D eigenvalue weighted by Gasteiger charge is -2.29. The summed E-state index contributed by atoms with van der Waals surface area (Å²) in [5.41, 5.74) is -1.75. The number of nitriles is 1. The van der Waals surface area contributed by atoms with Crippen molar-refractivity contribution in [1.29, 1.82) is 5.26 Å². The van der Waals surface area contributed by atoms with Crippen molar-refractivity contribution in [2.24, 2.45) is 5.41 Å². The number of aldehydes is 1. The molecule has 116 valence electrons. The van der Waals surface area contributed by atoms with Gasteiger partial charge in [0.05, 0.1) is 13.1 Å². The molecular formula is C14H13F2N3O3. The fourth-order valence-corrected chi connectivity index (χ4v) is 2.11. The second-order valence-corrected chi connectivity index (χ2v) is 5.06. The number of rotatable bonds is 3. The van der Waals surface area contributed by atoms with E-state index >= 15 is 0 Å². The number of carbonyl (C=O) groups is 2. The van der Waals surface area contributed by atoms with E-state index in [1.165, 1.54) is 12.4 Å². The van der Waals surface area contributed by atoms with Crippen molar-refractivity contribution in [1.82, 2.24) is 9.88 Å². The molecular weight excluding hydrogens is 296 g/mol. The van der Waals surface area contributed by atoms with Gasteiger partial charge in [0.2, 0.25) is 5.91 Å². The maximum absolute atomic E-state index is 13.0. The second kappa shape index (κ2) is 6.05. The van der Waals surface area contributed by atoms with Crippen LogP contribution in [-0.2, 0) is 16.1 Å². The van der Waals surface area contributed by atoms with E-state index in [0.717, 1.165) is 11.8 Å². The number of alkyl halides is 2. The van der Waals surface area contributed by atoms with Gasteiger partial charge in [-0.2, -0.15) is 5.26 Å². The number of halogens is 2. The number of hydrogen-bond acceptors (Lipinski definition) is 5. The van der Waals surface area contributed by atoms with E-state index in [-0.39, 0.29) is 37.3 Å². The Kier molecular flexibility index (Phi) is 4.35. The number of amides is 1. The topological polar surface area (TPSA) is 83.3 Å². The highest BCUT2D eigenvalue weighted by Gasteiger charge is 2.45. The summed E-state index contributed by atoms with van der Waals surface area (Å²) in [5, 5.41) is 9.00. The Labute approximate surface area is 125 Å².